The predicted octanol–water partition coefficient (Wildman–Crippen LogP) is 4.28. The largest absolute Gasteiger partial charge is 0.312 e. The maximum Gasteiger partial charge on any atom is 0.0206 e. The highest BCUT2D eigenvalue weighted by Gasteiger charge is 1.97. The Balaban J connectivity index is 2.42. The van der Waals surface area contributed by atoms with Crippen LogP contribution in [-0.2, 0) is 6.54 Å². The summed E-state index contributed by atoms with van der Waals surface area (Å²) in [4.78, 5) is 1.30. The third kappa shape index (κ3) is 6.77. The van der Waals surface area contributed by atoms with Crippen LogP contribution in [0.1, 0.15) is 19.4 Å². The van der Waals surface area contributed by atoms with Crippen molar-refractivity contribution in [2.75, 3.05) is 12.3 Å². The molecule has 1 aromatic carbocycles. The summed E-state index contributed by atoms with van der Waals surface area (Å²) < 4.78 is 0. The zero-order chi connectivity index (χ0) is 12.5. The van der Waals surface area contributed by atoms with Gasteiger partial charge in [-0.3, -0.25) is 0 Å². The Morgan fingerprint density at radius 3 is 2.94 bits per heavy atom. The van der Waals surface area contributed by atoms with Crippen LogP contribution in [0, 0.1) is 5.92 Å². The van der Waals surface area contributed by atoms with Crippen LogP contribution in [0.4, 0.5) is 0 Å². The minimum Gasteiger partial charge on any atom is -0.312 e. The van der Waals surface area contributed by atoms with Crippen molar-refractivity contribution >= 4 is 23.4 Å². The lowest BCUT2D eigenvalue weighted by Gasteiger charge is -2.08. The summed E-state index contributed by atoms with van der Waals surface area (Å²) in [7, 11) is 0. The number of hydrogen-bond acceptors (Lipinski definition) is 2. The highest BCUT2D eigenvalue weighted by atomic mass is 35.5. The molecule has 0 saturated carbocycles. The molecule has 1 aromatic rings. The van der Waals surface area contributed by atoms with E-state index in [1.807, 2.05) is 6.08 Å². The summed E-state index contributed by atoms with van der Waals surface area (Å²) in [5.74, 6) is 1.62. The van der Waals surface area contributed by atoms with Crippen molar-refractivity contribution in [3.05, 3.63) is 41.4 Å². The third-order valence-corrected chi connectivity index (χ3v) is 3.34. The molecule has 0 aliphatic rings. The average Bonchev–Trinajstić information content (AvgIpc) is 2.29. The summed E-state index contributed by atoms with van der Waals surface area (Å²) in [6, 6.07) is 8.65. The molecule has 94 valence electrons. The molecule has 0 spiro atoms. The molecule has 1 rings (SSSR count). The van der Waals surface area contributed by atoms with E-state index in [0.717, 1.165) is 18.8 Å². The number of thioether (sulfide) groups is 1. The van der Waals surface area contributed by atoms with Gasteiger partial charge >= 0.3 is 0 Å². The zero-order valence-corrected chi connectivity index (χ0v) is 12.0. The van der Waals surface area contributed by atoms with Crippen molar-refractivity contribution in [3.63, 3.8) is 0 Å². The van der Waals surface area contributed by atoms with E-state index in [1.165, 1.54) is 10.5 Å². The molecule has 0 heterocycles. The third-order valence-electron chi connectivity index (χ3n) is 2.22. The van der Waals surface area contributed by atoms with Gasteiger partial charge in [-0.15, -0.1) is 11.8 Å². The first-order chi connectivity index (χ1) is 8.22. The van der Waals surface area contributed by atoms with Gasteiger partial charge in [-0.25, -0.2) is 0 Å². The fourth-order valence-corrected chi connectivity index (χ4v) is 2.42. The molecule has 0 bridgehead atoms. The minimum atomic E-state index is 0.696. The van der Waals surface area contributed by atoms with Gasteiger partial charge in [0, 0.05) is 22.7 Å². The van der Waals surface area contributed by atoms with E-state index in [9.17, 15) is 0 Å². The van der Waals surface area contributed by atoms with Gasteiger partial charge < -0.3 is 5.32 Å². The molecule has 1 N–H and O–H groups in total. The van der Waals surface area contributed by atoms with Crippen LogP contribution >= 0.6 is 23.4 Å². The smallest absolute Gasteiger partial charge is 0.0206 e. The number of rotatable bonds is 7. The molecule has 0 amide bonds. The second kappa shape index (κ2) is 8.62. The van der Waals surface area contributed by atoms with Crippen molar-refractivity contribution in [2.45, 2.75) is 25.3 Å². The predicted molar refractivity (Wildman–Crippen MR) is 78.7 cm³/mol. The summed E-state index contributed by atoms with van der Waals surface area (Å²) in [6.07, 6.45) is 1.95. The number of halogens is 1. The van der Waals surface area contributed by atoms with Crippen LogP contribution in [0.25, 0.3) is 0 Å². The lowest BCUT2D eigenvalue weighted by atomic mass is 10.2. The Morgan fingerprint density at radius 1 is 1.41 bits per heavy atom. The van der Waals surface area contributed by atoms with E-state index in [0.29, 0.717) is 5.92 Å². The maximum atomic E-state index is 5.49. The minimum absolute atomic E-state index is 0.696. The monoisotopic (exact) mass is 269 g/mol. The fourth-order valence-electron chi connectivity index (χ4n) is 1.43. The quantitative estimate of drug-likeness (QED) is 0.742. The van der Waals surface area contributed by atoms with Crippen molar-refractivity contribution in [1.29, 1.82) is 0 Å². The van der Waals surface area contributed by atoms with Gasteiger partial charge in [-0.05, 0) is 30.2 Å². The first-order valence-corrected chi connectivity index (χ1v) is 7.32. The standard InChI is InChI=1S/C14H20ClNS/c1-12(2)10-16-11-13-5-3-6-14(9-13)17-8-4-7-15/h3-7,9,12,16H,8,10-11H2,1-2H3. The molecule has 0 atom stereocenters. The van der Waals surface area contributed by atoms with Crippen LogP contribution < -0.4 is 5.32 Å². The molecule has 1 nitrogen and oxygen atoms in total. The Hall–Kier alpha value is -0.440. The van der Waals surface area contributed by atoms with Crippen LogP contribution in [0.15, 0.2) is 40.8 Å². The Labute approximate surface area is 114 Å². The van der Waals surface area contributed by atoms with E-state index < -0.39 is 0 Å². The second-order valence-corrected chi connectivity index (χ2v) is 5.69. The summed E-state index contributed by atoms with van der Waals surface area (Å²) >= 11 is 7.29. The van der Waals surface area contributed by atoms with Crippen molar-refractivity contribution in [3.8, 4) is 0 Å². The average molecular weight is 270 g/mol. The van der Waals surface area contributed by atoms with Gasteiger partial charge in [0.05, 0.1) is 0 Å². The zero-order valence-electron chi connectivity index (χ0n) is 10.4. The molecule has 0 aromatic heterocycles. The number of benzene rings is 1. The number of nitrogens with one attached hydrogen (secondary N) is 1. The lowest BCUT2D eigenvalue weighted by molar-refractivity contribution is 0.552. The normalized spacial score (nSPS) is 11.5. The topological polar surface area (TPSA) is 12.0 Å². The van der Waals surface area contributed by atoms with Crippen LogP contribution in [0.5, 0.6) is 0 Å². The Kier molecular flexibility index (Phi) is 7.41. The molecular weight excluding hydrogens is 250 g/mol. The van der Waals surface area contributed by atoms with Crippen LogP contribution in [0.3, 0.4) is 0 Å². The Bertz CT molecular complexity index is 350. The van der Waals surface area contributed by atoms with Gasteiger partial charge in [0.1, 0.15) is 0 Å². The Morgan fingerprint density at radius 2 is 2.24 bits per heavy atom. The van der Waals surface area contributed by atoms with Crippen LogP contribution in [0.2, 0.25) is 0 Å². The summed E-state index contributed by atoms with van der Waals surface area (Å²) in [5, 5.41) is 3.45. The van der Waals surface area contributed by atoms with E-state index in [2.05, 4.69) is 43.4 Å². The molecule has 0 aliphatic heterocycles. The highest BCUT2D eigenvalue weighted by molar-refractivity contribution is 7.99. The summed E-state index contributed by atoms with van der Waals surface area (Å²) in [5.41, 5.74) is 2.91. The van der Waals surface area contributed by atoms with E-state index in [-0.39, 0.29) is 0 Å². The van der Waals surface area contributed by atoms with E-state index in [4.69, 9.17) is 11.6 Å². The van der Waals surface area contributed by atoms with E-state index in [1.54, 1.807) is 17.3 Å². The molecule has 0 aliphatic carbocycles. The molecule has 3 heteroatoms. The van der Waals surface area contributed by atoms with Crippen molar-refractivity contribution in [2.24, 2.45) is 5.92 Å². The lowest BCUT2D eigenvalue weighted by Crippen LogP contribution is -2.18. The maximum absolute atomic E-state index is 5.49. The van der Waals surface area contributed by atoms with Gasteiger partial charge in [-0.2, -0.15) is 0 Å². The molecule has 0 saturated heterocycles. The highest BCUT2D eigenvalue weighted by Crippen LogP contribution is 2.19. The molecule has 0 radical (unpaired) electrons. The molecule has 17 heavy (non-hydrogen) atoms. The van der Waals surface area contributed by atoms with Crippen molar-refractivity contribution in [1.82, 2.24) is 5.32 Å². The number of hydrogen-bond donors (Lipinski definition) is 1. The SMILES string of the molecule is CC(C)CNCc1cccc(SCC=CCl)c1. The first-order valence-electron chi connectivity index (χ1n) is 5.90. The summed E-state index contributed by atoms with van der Waals surface area (Å²) in [6.45, 7) is 6.44. The van der Waals surface area contributed by atoms with Crippen molar-refractivity contribution < 1.29 is 0 Å². The second-order valence-electron chi connectivity index (χ2n) is 4.34. The van der Waals surface area contributed by atoms with Gasteiger partial charge in [0.15, 0.2) is 0 Å². The fraction of sp³-hybridized carbons (Fsp3) is 0.429. The molecule has 0 fully saturated rings. The molecular formula is C14H20ClNS. The first kappa shape index (κ1) is 14.6. The van der Waals surface area contributed by atoms with E-state index >= 15 is 0 Å². The van der Waals surface area contributed by atoms with Gasteiger partial charge in [0.2, 0.25) is 0 Å². The van der Waals surface area contributed by atoms with Gasteiger partial charge in [-0.1, -0.05) is 43.7 Å². The van der Waals surface area contributed by atoms with Gasteiger partial charge in [0.25, 0.3) is 0 Å². The molecule has 0 unspecified atom stereocenters. The van der Waals surface area contributed by atoms with Crippen LogP contribution in [-0.4, -0.2) is 12.3 Å².